The molecule has 156 valence electrons. The summed E-state index contributed by atoms with van der Waals surface area (Å²) in [6.07, 6.45) is 4.60. The Hall–Kier alpha value is -3.60. The Morgan fingerprint density at radius 1 is 0.968 bits per heavy atom. The van der Waals surface area contributed by atoms with Crippen LogP contribution in [0.25, 0.3) is 10.9 Å². The van der Waals surface area contributed by atoms with Crippen molar-refractivity contribution >= 4 is 28.1 Å². The maximum atomic E-state index is 6.18. The molecule has 0 radical (unpaired) electrons. The van der Waals surface area contributed by atoms with Gasteiger partial charge in [0, 0.05) is 35.5 Å². The molecule has 4 aromatic rings. The molecule has 0 fully saturated rings. The Labute approximate surface area is 182 Å². The van der Waals surface area contributed by atoms with Crippen molar-refractivity contribution < 1.29 is 4.74 Å². The average molecular weight is 411 g/mol. The highest BCUT2D eigenvalue weighted by atomic mass is 16.5. The summed E-state index contributed by atoms with van der Waals surface area (Å²) >= 11 is 0. The fourth-order valence-corrected chi connectivity index (χ4v) is 4.15. The van der Waals surface area contributed by atoms with Crippen LogP contribution >= 0.6 is 0 Å². The minimum Gasteiger partial charge on any atom is -0.485 e. The van der Waals surface area contributed by atoms with Crippen LogP contribution in [-0.4, -0.2) is 15.6 Å². The largest absolute Gasteiger partial charge is 0.485 e. The average Bonchev–Trinajstić information content (AvgIpc) is 3.09. The zero-order valence-electron chi connectivity index (χ0n) is 18.0. The quantitative estimate of drug-likeness (QED) is 0.407. The number of hydrogen-bond donors (Lipinski definition) is 2. The topological polar surface area (TPSA) is 59.1 Å². The van der Waals surface area contributed by atoms with Crippen LogP contribution in [0.1, 0.15) is 37.9 Å². The predicted octanol–water partition coefficient (Wildman–Crippen LogP) is 6.26. The third-order valence-electron chi connectivity index (χ3n) is 5.64. The van der Waals surface area contributed by atoms with Crippen LogP contribution in [0.15, 0.2) is 73.1 Å². The lowest BCUT2D eigenvalue weighted by Gasteiger charge is -2.19. The van der Waals surface area contributed by atoms with Crippen molar-refractivity contribution in [2.24, 2.45) is 0 Å². The molecular formula is C26H26N4O. The maximum Gasteiger partial charge on any atom is 0.146 e. The molecule has 0 aliphatic carbocycles. The third kappa shape index (κ3) is 3.91. The van der Waals surface area contributed by atoms with Crippen LogP contribution in [0.5, 0.6) is 5.75 Å². The van der Waals surface area contributed by atoms with Gasteiger partial charge in [0.15, 0.2) is 0 Å². The van der Waals surface area contributed by atoms with Crippen LogP contribution in [0.2, 0.25) is 0 Å². The number of ether oxygens (including phenoxy) is 1. The number of pyridine rings is 2. The Morgan fingerprint density at radius 3 is 2.65 bits per heavy atom. The zero-order chi connectivity index (χ0) is 21.4. The standard InChI is InChI=1S/C26H26N4O/c1-17(19-8-6-14-27-16-19)28-21-9-5-10-22-20(21)12-13-24(29-22)30-23-11-4-7-18-15-26(2,3)31-25(18)23/h4-14,16-17,28H,15H2,1-3H3,(H,29,30). The Kier molecular flexibility index (Phi) is 4.74. The third-order valence-corrected chi connectivity index (χ3v) is 5.64. The van der Waals surface area contributed by atoms with Gasteiger partial charge in [-0.05, 0) is 62.7 Å². The summed E-state index contributed by atoms with van der Waals surface area (Å²) in [7, 11) is 0. The molecule has 3 heterocycles. The second kappa shape index (κ2) is 7.58. The van der Waals surface area contributed by atoms with Gasteiger partial charge in [0.25, 0.3) is 0 Å². The van der Waals surface area contributed by atoms with E-state index in [0.29, 0.717) is 0 Å². The van der Waals surface area contributed by atoms with Gasteiger partial charge < -0.3 is 15.4 Å². The van der Waals surface area contributed by atoms with E-state index in [-0.39, 0.29) is 11.6 Å². The number of anilines is 3. The number of nitrogens with zero attached hydrogens (tertiary/aromatic N) is 2. The lowest BCUT2D eigenvalue weighted by atomic mass is 10.0. The fraction of sp³-hybridized carbons (Fsp3) is 0.231. The van der Waals surface area contributed by atoms with Crippen LogP contribution < -0.4 is 15.4 Å². The van der Waals surface area contributed by atoms with Gasteiger partial charge in [-0.3, -0.25) is 4.98 Å². The summed E-state index contributed by atoms with van der Waals surface area (Å²) in [5.41, 5.74) is 5.14. The van der Waals surface area contributed by atoms with E-state index in [1.165, 1.54) is 5.56 Å². The number of aromatic nitrogens is 2. The van der Waals surface area contributed by atoms with Crippen LogP contribution in [0.3, 0.4) is 0 Å². The molecule has 5 rings (SSSR count). The molecule has 2 N–H and O–H groups in total. The predicted molar refractivity (Wildman–Crippen MR) is 126 cm³/mol. The summed E-state index contributed by atoms with van der Waals surface area (Å²) < 4.78 is 6.18. The zero-order valence-corrected chi connectivity index (χ0v) is 18.0. The number of para-hydroxylation sites is 1. The fourth-order valence-electron chi connectivity index (χ4n) is 4.15. The van der Waals surface area contributed by atoms with Gasteiger partial charge in [0.05, 0.1) is 17.2 Å². The van der Waals surface area contributed by atoms with Crippen molar-refractivity contribution in [1.29, 1.82) is 0 Å². The molecule has 1 aliphatic heterocycles. The Bertz CT molecular complexity index is 1240. The van der Waals surface area contributed by atoms with Gasteiger partial charge >= 0.3 is 0 Å². The van der Waals surface area contributed by atoms with E-state index < -0.39 is 0 Å². The van der Waals surface area contributed by atoms with E-state index in [0.717, 1.165) is 45.8 Å². The van der Waals surface area contributed by atoms with Gasteiger partial charge in [0.2, 0.25) is 0 Å². The first-order valence-electron chi connectivity index (χ1n) is 10.6. The van der Waals surface area contributed by atoms with E-state index in [9.17, 15) is 0 Å². The molecule has 2 aromatic heterocycles. The monoisotopic (exact) mass is 410 g/mol. The molecule has 31 heavy (non-hydrogen) atoms. The second-order valence-electron chi connectivity index (χ2n) is 8.68. The highest BCUT2D eigenvalue weighted by Crippen LogP contribution is 2.41. The van der Waals surface area contributed by atoms with Gasteiger partial charge in [-0.15, -0.1) is 0 Å². The van der Waals surface area contributed by atoms with Crippen LogP contribution in [-0.2, 0) is 6.42 Å². The van der Waals surface area contributed by atoms with Crippen LogP contribution in [0, 0.1) is 0 Å². The van der Waals surface area contributed by atoms with Gasteiger partial charge in [0.1, 0.15) is 17.2 Å². The molecule has 1 unspecified atom stereocenters. The molecule has 5 nitrogen and oxygen atoms in total. The first kappa shape index (κ1) is 19.4. The van der Waals surface area contributed by atoms with E-state index in [1.54, 1.807) is 6.20 Å². The molecule has 2 aromatic carbocycles. The van der Waals surface area contributed by atoms with Crippen molar-refractivity contribution in [2.75, 3.05) is 10.6 Å². The number of hydrogen-bond acceptors (Lipinski definition) is 5. The summed E-state index contributed by atoms with van der Waals surface area (Å²) in [5.74, 6) is 1.72. The number of nitrogens with one attached hydrogen (secondary N) is 2. The first-order valence-corrected chi connectivity index (χ1v) is 10.6. The van der Waals surface area contributed by atoms with Crippen molar-refractivity contribution in [1.82, 2.24) is 9.97 Å². The molecule has 0 amide bonds. The minimum atomic E-state index is -0.178. The van der Waals surface area contributed by atoms with E-state index >= 15 is 0 Å². The molecule has 1 atom stereocenters. The Morgan fingerprint density at radius 2 is 1.81 bits per heavy atom. The summed E-state index contributed by atoms with van der Waals surface area (Å²) in [6, 6.07) is 20.7. The van der Waals surface area contributed by atoms with Gasteiger partial charge in [-0.25, -0.2) is 4.98 Å². The van der Waals surface area contributed by atoms with Crippen molar-refractivity contribution in [2.45, 2.75) is 38.8 Å². The normalized spacial score (nSPS) is 15.2. The molecular weight excluding hydrogens is 384 g/mol. The summed E-state index contributed by atoms with van der Waals surface area (Å²) in [5, 5.41) is 8.13. The number of rotatable bonds is 5. The van der Waals surface area contributed by atoms with Crippen LogP contribution in [0.4, 0.5) is 17.2 Å². The molecule has 0 bridgehead atoms. The lowest BCUT2D eigenvalue weighted by Crippen LogP contribution is -2.24. The smallest absolute Gasteiger partial charge is 0.146 e. The molecule has 0 saturated carbocycles. The van der Waals surface area contributed by atoms with E-state index in [2.05, 4.69) is 66.7 Å². The number of benzene rings is 2. The SMILES string of the molecule is CC(Nc1cccc2nc(Nc3cccc4c3OC(C)(C)C4)ccc12)c1cccnc1. The van der Waals surface area contributed by atoms with E-state index in [1.807, 2.05) is 36.5 Å². The second-order valence-corrected chi connectivity index (χ2v) is 8.68. The Balaban J connectivity index is 1.42. The molecule has 1 aliphatic rings. The van der Waals surface area contributed by atoms with Crippen molar-refractivity contribution in [3.05, 3.63) is 84.2 Å². The first-order chi connectivity index (χ1) is 15.0. The van der Waals surface area contributed by atoms with E-state index in [4.69, 9.17) is 9.72 Å². The van der Waals surface area contributed by atoms with Crippen molar-refractivity contribution in [3.8, 4) is 5.75 Å². The molecule has 5 heteroatoms. The van der Waals surface area contributed by atoms with Gasteiger partial charge in [-0.2, -0.15) is 0 Å². The van der Waals surface area contributed by atoms with Gasteiger partial charge in [-0.1, -0.05) is 24.3 Å². The molecule has 0 spiro atoms. The minimum absolute atomic E-state index is 0.143. The summed E-state index contributed by atoms with van der Waals surface area (Å²) in [6.45, 7) is 6.37. The highest BCUT2D eigenvalue weighted by Gasteiger charge is 2.31. The van der Waals surface area contributed by atoms with Crippen molar-refractivity contribution in [3.63, 3.8) is 0 Å². The summed E-state index contributed by atoms with van der Waals surface area (Å²) in [4.78, 5) is 9.08. The highest BCUT2D eigenvalue weighted by molar-refractivity contribution is 5.92. The maximum absolute atomic E-state index is 6.18. The number of fused-ring (bicyclic) bond motifs is 2. The molecule has 0 saturated heterocycles. The lowest BCUT2D eigenvalue weighted by molar-refractivity contribution is 0.139.